The Balaban J connectivity index is 1.72. The van der Waals surface area contributed by atoms with E-state index in [1.165, 1.54) is 31.0 Å². The number of esters is 1. The average Bonchev–Trinajstić information content (AvgIpc) is 3.24. The fourth-order valence-corrected chi connectivity index (χ4v) is 7.79. The summed E-state index contributed by atoms with van der Waals surface area (Å²) in [4.78, 5) is 48.1. The predicted octanol–water partition coefficient (Wildman–Crippen LogP) is -1.09. The van der Waals surface area contributed by atoms with Crippen molar-refractivity contribution in [2.45, 2.75) is 50.3 Å². The number of nitrogens with zero attached hydrogens (tertiary/aromatic N) is 1. The molecule has 0 bridgehead atoms. The Labute approximate surface area is 211 Å². The highest BCUT2D eigenvalue weighted by atomic mass is 32.7. The van der Waals surface area contributed by atoms with Gasteiger partial charge in [0.15, 0.2) is 6.23 Å². The van der Waals surface area contributed by atoms with Gasteiger partial charge in [-0.15, -0.1) is 0 Å². The lowest BCUT2D eigenvalue weighted by Gasteiger charge is -2.37. The fraction of sp³-hybridized carbons (Fsp3) is 0.600. The van der Waals surface area contributed by atoms with E-state index >= 15 is 0 Å². The molecule has 0 aliphatic carbocycles. The van der Waals surface area contributed by atoms with Crippen molar-refractivity contribution in [1.82, 2.24) is 20.6 Å². The first kappa shape index (κ1) is 28.3. The van der Waals surface area contributed by atoms with Crippen LogP contribution in [0.4, 0.5) is 0 Å². The zero-order valence-electron chi connectivity index (χ0n) is 19.8. The summed E-state index contributed by atoms with van der Waals surface area (Å²) in [7, 11) is 1.16. The minimum Gasteiger partial charge on any atom is -0.468 e. The molecule has 0 saturated carbocycles. The van der Waals surface area contributed by atoms with E-state index in [1.54, 1.807) is 0 Å². The summed E-state index contributed by atoms with van der Waals surface area (Å²) in [5.41, 5.74) is -1.85. The van der Waals surface area contributed by atoms with E-state index in [-0.39, 0.29) is 18.0 Å². The molecule has 7 atom stereocenters. The summed E-state index contributed by atoms with van der Waals surface area (Å²) < 4.78 is 29.6. The van der Waals surface area contributed by atoms with Crippen LogP contribution in [0.15, 0.2) is 24.7 Å². The highest BCUT2D eigenvalue weighted by Crippen LogP contribution is 2.57. The highest BCUT2D eigenvalue weighted by Gasteiger charge is 2.55. The SMILES string of the molecule is C=C1NC(=O)C=CN1[C@@H]1O[C@H](CO[P@@](=O)(N[C@H](C)C(=O)OC)SCC2CC(=O)NC2=O)[C@@H](O)[C@@]1(C)O. The van der Waals surface area contributed by atoms with Gasteiger partial charge in [-0.3, -0.25) is 29.1 Å². The van der Waals surface area contributed by atoms with Gasteiger partial charge in [0.05, 0.1) is 19.6 Å². The number of imide groups is 1. The number of amides is 3. The van der Waals surface area contributed by atoms with Crippen LogP contribution < -0.4 is 15.7 Å². The molecule has 0 radical (unpaired) electrons. The molecule has 3 heterocycles. The summed E-state index contributed by atoms with van der Waals surface area (Å²) in [6.07, 6.45) is -1.40. The quantitative estimate of drug-likeness (QED) is 0.126. The van der Waals surface area contributed by atoms with Gasteiger partial charge in [0.1, 0.15) is 29.7 Å². The van der Waals surface area contributed by atoms with Crippen molar-refractivity contribution in [3.05, 3.63) is 24.7 Å². The van der Waals surface area contributed by atoms with Crippen LogP contribution in [0.5, 0.6) is 0 Å². The molecule has 36 heavy (non-hydrogen) atoms. The minimum atomic E-state index is -3.93. The van der Waals surface area contributed by atoms with Crippen molar-refractivity contribution >= 4 is 41.8 Å². The Bertz CT molecular complexity index is 1020. The smallest absolute Gasteiger partial charge is 0.327 e. The monoisotopic (exact) mass is 548 g/mol. The van der Waals surface area contributed by atoms with E-state index in [0.29, 0.717) is 11.4 Å². The van der Waals surface area contributed by atoms with Crippen molar-refractivity contribution in [1.29, 1.82) is 0 Å². The lowest BCUT2D eigenvalue weighted by molar-refractivity contribution is -0.142. The van der Waals surface area contributed by atoms with Crippen molar-refractivity contribution in [3.63, 3.8) is 0 Å². The molecular formula is C20H29N4O10PS. The molecule has 1 unspecified atom stereocenters. The van der Waals surface area contributed by atoms with Crippen LogP contribution in [0.3, 0.4) is 0 Å². The fourth-order valence-electron chi connectivity index (χ4n) is 3.76. The van der Waals surface area contributed by atoms with E-state index in [0.717, 1.165) is 7.11 Å². The number of rotatable bonds is 10. The van der Waals surface area contributed by atoms with Crippen LogP contribution in [-0.4, -0.2) is 88.4 Å². The van der Waals surface area contributed by atoms with Crippen LogP contribution in [-0.2, 0) is 37.7 Å². The minimum absolute atomic E-state index is 0.0533. The number of carbonyl (C=O) groups is 4. The molecule has 2 saturated heterocycles. The number of hydrogen-bond donors (Lipinski definition) is 5. The van der Waals surface area contributed by atoms with Crippen LogP contribution in [0.25, 0.3) is 0 Å². The van der Waals surface area contributed by atoms with Crippen LogP contribution in [0, 0.1) is 5.92 Å². The van der Waals surface area contributed by atoms with Gasteiger partial charge in [0, 0.05) is 24.4 Å². The normalized spacial score (nSPS) is 32.8. The van der Waals surface area contributed by atoms with Crippen LogP contribution >= 0.6 is 18.1 Å². The Morgan fingerprint density at radius 3 is 2.72 bits per heavy atom. The largest absolute Gasteiger partial charge is 0.468 e. The summed E-state index contributed by atoms with van der Waals surface area (Å²) in [5, 5.41) is 28.8. The number of ether oxygens (including phenoxy) is 2. The third-order valence-corrected chi connectivity index (χ3v) is 9.98. The molecule has 2 fully saturated rings. The van der Waals surface area contributed by atoms with Crippen molar-refractivity contribution in [3.8, 4) is 0 Å². The van der Waals surface area contributed by atoms with Gasteiger partial charge in [-0.2, -0.15) is 0 Å². The molecule has 3 amide bonds. The van der Waals surface area contributed by atoms with E-state index in [4.69, 9.17) is 9.26 Å². The van der Waals surface area contributed by atoms with Gasteiger partial charge < -0.3 is 34.4 Å². The van der Waals surface area contributed by atoms with Crippen LogP contribution in [0.1, 0.15) is 20.3 Å². The maximum absolute atomic E-state index is 13.6. The lowest BCUT2D eigenvalue weighted by Crippen LogP contribution is -2.53. The highest BCUT2D eigenvalue weighted by molar-refractivity contribution is 8.56. The van der Waals surface area contributed by atoms with Gasteiger partial charge in [-0.05, 0) is 13.8 Å². The summed E-state index contributed by atoms with van der Waals surface area (Å²) in [6.45, 7) is 2.01. The summed E-state index contributed by atoms with van der Waals surface area (Å²) in [6, 6.07) is -1.05. The maximum Gasteiger partial charge on any atom is 0.327 e. The molecule has 5 N–H and O–H groups in total. The van der Waals surface area contributed by atoms with Crippen molar-refractivity contribution in [2.24, 2.45) is 5.92 Å². The Morgan fingerprint density at radius 2 is 2.14 bits per heavy atom. The zero-order valence-corrected chi connectivity index (χ0v) is 21.5. The number of nitrogens with one attached hydrogen (secondary N) is 3. The number of aliphatic hydroxyl groups excluding tert-OH is 1. The number of aliphatic hydroxyl groups is 2. The molecule has 0 spiro atoms. The topological polar surface area (TPSA) is 193 Å². The van der Waals surface area contributed by atoms with Gasteiger partial charge in [-0.1, -0.05) is 18.0 Å². The second-order valence-electron chi connectivity index (χ2n) is 8.63. The van der Waals surface area contributed by atoms with Gasteiger partial charge in [0.2, 0.25) is 11.8 Å². The Hall–Kier alpha value is -2.26. The van der Waals surface area contributed by atoms with Gasteiger partial charge in [-0.25, -0.2) is 5.09 Å². The maximum atomic E-state index is 13.6. The molecule has 14 nitrogen and oxygen atoms in total. The van der Waals surface area contributed by atoms with Gasteiger partial charge >= 0.3 is 12.7 Å². The molecule has 0 aromatic heterocycles. The molecule has 200 valence electrons. The van der Waals surface area contributed by atoms with E-state index in [1.807, 2.05) is 0 Å². The molecule has 3 aliphatic heterocycles. The molecular weight excluding hydrogens is 519 g/mol. The standard InChI is InChI=1S/C20H29N4O10PS/c1-10(18(29)32-4)23-35(31,36-9-12-7-15(26)22-17(12)28)33-8-13-16(27)20(3,30)19(34-13)24-6-5-14(25)21-11(24)2/h5-6,10,12-13,16,19,27,30H,2,7-9H2,1,3-4H3,(H,21,25)(H,23,31)(H,22,26,28)/t10-,12?,13-,16-,19-,20-,35+/m1/s1. The average molecular weight is 549 g/mol. The van der Waals surface area contributed by atoms with Crippen molar-refractivity contribution in [2.75, 3.05) is 19.5 Å². The van der Waals surface area contributed by atoms with E-state index in [2.05, 4.69) is 27.0 Å². The Morgan fingerprint density at radius 1 is 1.44 bits per heavy atom. The first-order valence-electron chi connectivity index (χ1n) is 10.9. The lowest BCUT2D eigenvalue weighted by atomic mass is 9.96. The molecule has 3 aliphatic rings. The summed E-state index contributed by atoms with van der Waals surface area (Å²) >= 11 is 0.716. The first-order chi connectivity index (χ1) is 16.8. The van der Waals surface area contributed by atoms with Gasteiger partial charge in [0.25, 0.3) is 5.91 Å². The van der Waals surface area contributed by atoms with Crippen molar-refractivity contribution < 1.29 is 48.0 Å². The number of hydrogen-bond acceptors (Lipinski definition) is 12. The van der Waals surface area contributed by atoms with Crippen LogP contribution in [0.2, 0.25) is 0 Å². The molecule has 16 heteroatoms. The second-order valence-corrected chi connectivity index (χ2v) is 13.0. The predicted molar refractivity (Wildman–Crippen MR) is 125 cm³/mol. The molecule has 0 aromatic carbocycles. The Kier molecular flexibility index (Phi) is 8.66. The molecule has 0 aromatic rings. The third kappa shape index (κ3) is 6.17. The second kappa shape index (κ2) is 11.0. The van der Waals surface area contributed by atoms with E-state index in [9.17, 15) is 34.0 Å². The number of methoxy groups -OCH3 is 1. The molecule has 3 rings (SSSR count). The third-order valence-electron chi connectivity index (χ3n) is 5.80. The zero-order chi connectivity index (χ0) is 26.8. The van der Waals surface area contributed by atoms with E-state index < -0.39 is 73.0 Å². The number of carbonyl (C=O) groups excluding carboxylic acids is 4. The first-order valence-corrected chi connectivity index (χ1v) is 14.1. The summed E-state index contributed by atoms with van der Waals surface area (Å²) in [5.74, 6) is -2.77.